The van der Waals surface area contributed by atoms with E-state index in [1.54, 1.807) is 24.3 Å². The maximum absolute atomic E-state index is 12.6. The van der Waals surface area contributed by atoms with E-state index < -0.39 is 29.2 Å². The quantitative estimate of drug-likeness (QED) is 0.716. The zero-order valence-electron chi connectivity index (χ0n) is 14.1. The molecule has 1 saturated carbocycles. The van der Waals surface area contributed by atoms with Crippen LogP contribution in [-0.4, -0.2) is 22.5 Å². The van der Waals surface area contributed by atoms with Crippen molar-refractivity contribution in [2.75, 3.05) is 0 Å². The molecule has 1 aliphatic rings. The molecule has 2 aromatic carbocycles. The van der Waals surface area contributed by atoms with Crippen LogP contribution in [0.3, 0.4) is 0 Å². The highest BCUT2D eigenvalue weighted by atomic mass is 19.4. The van der Waals surface area contributed by atoms with Gasteiger partial charge in [-0.2, -0.15) is 13.2 Å². The molecule has 3 rings (SSSR count). The summed E-state index contributed by atoms with van der Waals surface area (Å²) < 4.78 is 37.9. The highest BCUT2D eigenvalue weighted by molar-refractivity contribution is 5.98. The molecule has 1 fully saturated rings. The highest BCUT2D eigenvalue weighted by Crippen LogP contribution is 2.34. The number of hydrogen-bond acceptors (Lipinski definition) is 3. The summed E-state index contributed by atoms with van der Waals surface area (Å²) in [7, 11) is 0. The summed E-state index contributed by atoms with van der Waals surface area (Å²) in [6.45, 7) is 0. The molecule has 1 aliphatic carbocycles. The maximum Gasteiger partial charge on any atom is 0.416 e. The Morgan fingerprint density at radius 2 is 1.63 bits per heavy atom. The fourth-order valence-corrected chi connectivity index (χ4v) is 2.57. The topological polar surface area (TPSA) is 78.4 Å². The predicted molar refractivity (Wildman–Crippen MR) is 90.5 cm³/mol. The number of halogens is 3. The van der Waals surface area contributed by atoms with Crippen molar-refractivity contribution < 1.29 is 27.9 Å². The van der Waals surface area contributed by atoms with E-state index in [-0.39, 0.29) is 12.0 Å². The van der Waals surface area contributed by atoms with Crippen LogP contribution in [0.25, 0.3) is 0 Å². The average Bonchev–Trinajstić information content (AvgIpc) is 3.38. The van der Waals surface area contributed by atoms with Gasteiger partial charge in [0.05, 0.1) is 5.56 Å². The Labute approximate surface area is 153 Å². The minimum Gasteiger partial charge on any atom is -0.380 e. The van der Waals surface area contributed by atoms with Crippen molar-refractivity contribution in [3.8, 4) is 0 Å². The van der Waals surface area contributed by atoms with Crippen LogP contribution in [0.1, 0.15) is 39.9 Å². The molecule has 0 radical (unpaired) electrons. The number of alkyl halides is 3. The first-order valence-corrected chi connectivity index (χ1v) is 8.26. The smallest absolute Gasteiger partial charge is 0.380 e. The first-order valence-electron chi connectivity index (χ1n) is 8.26. The second kappa shape index (κ2) is 7.03. The molecule has 2 aromatic rings. The van der Waals surface area contributed by atoms with Gasteiger partial charge in [0, 0.05) is 5.56 Å². The lowest BCUT2D eigenvalue weighted by atomic mass is 9.98. The summed E-state index contributed by atoms with van der Waals surface area (Å²) in [5, 5.41) is 9.67. The van der Waals surface area contributed by atoms with Crippen LogP contribution in [0.4, 0.5) is 13.2 Å². The lowest BCUT2D eigenvalue weighted by molar-refractivity contribution is -0.137. The third-order valence-corrected chi connectivity index (χ3v) is 4.37. The van der Waals surface area contributed by atoms with Crippen LogP contribution in [0, 0.1) is 0 Å². The van der Waals surface area contributed by atoms with Crippen molar-refractivity contribution >= 4 is 11.8 Å². The first kappa shape index (κ1) is 18.9. The van der Waals surface area contributed by atoms with E-state index in [9.17, 15) is 27.9 Å². The number of rotatable bonds is 4. The maximum atomic E-state index is 12.6. The van der Waals surface area contributed by atoms with Gasteiger partial charge in [0.1, 0.15) is 5.60 Å². The van der Waals surface area contributed by atoms with Crippen LogP contribution in [0.2, 0.25) is 0 Å². The van der Waals surface area contributed by atoms with Crippen LogP contribution >= 0.6 is 0 Å². The lowest BCUT2D eigenvalue weighted by Crippen LogP contribution is -2.47. The molecular formula is C19H17F3N2O3. The van der Waals surface area contributed by atoms with Gasteiger partial charge in [0.15, 0.2) is 0 Å². The molecule has 5 nitrogen and oxygen atoms in total. The van der Waals surface area contributed by atoms with Gasteiger partial charge in [-0.1, -0.05) is 30.3 Å². The van der Waals surface area contributed by atoms with Gasteiger partial charge in [0.25, 0.3) is 11.8 Å². The Morgan fingerprint density at radius 3 is 2.22 bits per heavy atom. The Kier molecular flexibility index (Phi) is 4.93. The number of aliphatic hydroxyl groups is 1. The molecule has 0 aromatic heterocycles. The second-order valence-corrected chi connectivity index (χ2v) is 6.47. The van der Waals surface area contributed by atoms with Gasteiger partial charge in [-0.05, 0) is 48.6 Å². The molecule has 0 heterocycles. The Bertz CT molecular complexity index is 859. The van der Waals surface area contributed by atoms with Gasteiger partial charge in [-0.3, -0.25) is 20.4 Å². The Morgan fingerprint density at radius 1 is 1.00 bits per heavy atom. The monoisotopic (exact) mass is 378 g/mol. The van der Waals surface area contributed by atoms with E-state index in [1.165, 1.54) is 12.1 Å². The van der Waals surface area contributed by atoms with Gasteiger partial charge >= 0.3 is 6.18 Å². The SMILES string of the molecule is O=C(NNC(=O)C1(O)CC1)c1ccccc1Cc1ccc(C(F)(F)F)cc1. The molecular weight excluding hydrogens is 361 g/mol. The lowest BCUT2D eigenvalue weighted by Gasteiger charge is -2.13. The van der Waals surface area contributed by atoms with E-state index in [0.717, 1.165) is 12.1 Å². The van der Waals surface area contributed by atoms with Crippen molar-refractivity contribution in [2.24, 2.45) is 0 Å². The molecule has 0 bridgehead atoms. The number of amides is 2. The summed E-state index contributed by atoms with van der Waals surface area (Å²) in [5.41, 5.74) is 3.77. The van der Waals surface area contributed by atoms with Gasteiger partial charge in [-0.15, -0.1) is 0 Å². The van der Waals surface area contributed by atoms with Crippen LogP contribution < -0.4 is 10.9 Å². The third-order valence-electron chi connectivity index (χ3n) is 4.37. The number of benzene rings is 2. The molecule has 2 amide bonds. The molecule has 8 heteroatoms. The Balaban J connectivity index is 1.70. The molecule has 27 heavy (non-hydrogen) atoms. The summed E-state index contributed by atoms with van der Waals surface area (Å²) in [5.74, 6) is -1.24. The fourth-order valence-electron chi connectivity index (χ4n) is 2.57. The summed E-state index contributed by atoms with van der Waals surface area (Å²) in [6.07, 6.45) is -3.46. The van der Waals surface area contributed by atoms with E-state index in [2.05, 4.69) is 10.9 Å². The highest BCUT2D eigenvalue weighted by Gasteiger charge is 2.48. The van der Waals surface area contributed by atoms with E-state index in [1.807, 2.05) is 0 Å². The second-order valence-electron chi connectivity index (χ2n) is 6.47. The van der Waals surface area contributed by atoms with Crippen molar-refractivity contribution in [1.82, 2.24) is 10.9 Å². The fraction of sp³-hybridized carbons (Fsp3) is 0.263. The van der Waals surface area contributed by atoms with Crippen LogP contribution in [0.15, 0.2) is 48.5 Å². The average molecular weight is 378 g/mol. The van der Waals surface area contributed by atoms with E-state index in [0.29, 0.717) is 24.0 Å². The summed E-state index contributed by atoms with van der Waals surface area (Å²) in [4.78, 5) is 24.0. The van der Waals surface area contributed by atoms with Crippen LogP contribution in [-0.2, 0) is 17.4 Å². The number of carbonyl (C=O) groups excluding carboxylic acids is 2. The molecule has 0 unspecified atom stereocenters. The summed E-state index contributed by atoms with van der Waals surface area (Å²) in [6, 6.07) is 11.3. The zero-order valence-corrected chi connectivity index (χ0v) is 14.1. The van der Waals surface area contributed by atoms with Crippen molar-refractivity contribution in [2.45, 2.75) is 31.0 Å². The minimum absolute atomic E-state index is 0.250. The number of nitrogens with one attached hydrogen (secondary N) is 2. The van der Waals surface area contributed by atoms with E-state index >= 15 is 0 Å². The number of hydrogen-bond donors (Lipinski definition) is 3. The van der Waals surface area contributed by atoms with Gasteiger partial charge in [-0.25, -0.2) is 0 Å². The molecule has 0 atom stereocenters. The van der Waals surface area contributed by atoms with Crippen molar-refractivity contribution in [1.29, 1.82) is 0 Å². The Hall–Kier alpha value is -2.87. The number of carbonyl (C=O) groups is 2. The largest absolute Gasteiger partial charge is 0.416 e. The van der Waals surface area contributed by atoms with E-state index in [4.69, 9.17) is 0 Å². The van der Waals surface area contributed by atoms with Gasteiger partial charge < -0.3 is 5.11 Å². The van der Waals surface area contributed by atoms with Crippen LogP contribution in [0.5, 0.6) is 0 Å². The standard InChI is InChI=1S/C19H17F3N2O3/c20-19(21,22)14-7-5-12(6-8-14)11-13-3-1-2-4-15(13)16(25)23-24-17(26)18(27)9-10-18/h1-8,27H,9-11H2,(H,23,25)(H,24,26). The number of hydrazine groups is 1. The molecule has 0 aliphatic heterocycles. The molecule has 142 valence electrons. The van der Waals surface area contributed by atoms with Crippen molar-refractivity contribution in [3.63, 3.8) is 0 Å². The van der Waals surface area contributed by atoms with Gasteiger partial charge in [0.2, 0.25) is 0 Å². The summed E-state index contributed by atoms with van der Waals surface area (Å²) >= 11 is 0. The van der Waals surface area contributed by atoms with Crippen molar-refractivity contribution in [3.05, 3.63) is 70.8 Å². The molecule has 0 spiro atoms. The zero-order chi connectivity index (χ0) is 19.7. The first-order chi connectivity index (χ1) is 12.7. The third kappa shape index (κ3) is 4.46. The normalized spacial score (nSPS) is 15.1. The molecule has 0 saturated heterocycles. The predicted octanol–water partition coefficient (Wildman–Crippen LogP) is 2.58. The molecule has 3 N–H and O–H groups in total. The minimum atomic E-state index is -4.40.